The van der Waals surface area contributed by atoms with Crippen LogP contribution in [0, 0.1) is 0 Å². The Hall–Kier alpha value is -1.71. The van der Waals surface area contributed by atoms with Crippen molar-refractivity contribution in [2.24, 2.45) is 0 Å². The van der Waals surface area contributed by atoms with E-state index in [0.717, 1.165) is 9.80 Å². The van der Waals surface area contributed by atoms with Crippen LogP contribution in [0.15, 0.2) is 35.5 Å². The van der Waals surface area contributed by atoms with Crippen molar-refractivity contribution in [2.45, 2.75) is 11.5 Å². The van der Waals surface area contributed by atoms with Gasteiger partial charge >= 0.3 is 5.97 Å². The molecule has 1 fully saturated rings. The minimum Gasteiger partial charge on any atom is -0.464 e. The lowest BCUT2D eigenvalue weighted by atomic mass is 10.0. The number of carbonyl (C=O) groups excluding carboxylic acids is 4. The molecule has 0 N–H and O–H groups in total. The second kappa shape index (κ2) is 7.73. The van der Waals surface area contributed by atoms with E-state index in [1.165, 1.54) is 19.2 Å². The lowest BCUT2D eigenvalue weighted by Crippen LogP contribution is -2.69. The Morgan fingerprint density at radius 1 is 1.11 bits per heavy atom. The van der Waals surface area contributed by atoms with Gasteiger partial charge in [-0.15, -0.1) is 0 Å². The molecule has 1 aromatic rings. The van der Waals surface area contributed by atoms with Gasteiger partial charge in [-0.05, 0) is 17.7 Å². The predicted molar refractivity (Wildman–Crippen MR) is 104 cm³/mol. The molecular weight excluding hydrogens is 507 g/mol. The van der Waals surface area contributed by atoms with Gasteiger partial charge in [0, 0.05) is 10.7 Å². The van der Waals surface area contributed by atoms with Gasteiger partial charge in [0.2, 0.25) is 0 Å². The first-order chi connectivity index (χ1) is 12.9. The number of likely N-dealkylation sites (tertiary alicyclic amines) is 1. The third kappa shape index (κ3) is 3.01. The van der Waals surface area contributed by atoms with Crippen LogP contribution in [-0.4, -0.2) is 62.8 Å². The van der Waals surface area contributed by atoms with Crippen LogP contribution in [0.4, 0.5) is 0 Å². The van der Waals surface area contributed by atoms with Gasteiger partial charge in [-0.1, -0.05) is 55.6 Å². The normalized spacial score (nSPS) is 21.1. The number of fused-ring (bicyclic) bond motifs is 1. The smallest absolute Gasteiger partial charge is 0.354 e. The van der Waals surface area contributed by atoms with Crippen molar-refractivity contribution in [3.8, 4) is 0 Å². The molecule has 0 radical (unpaired) electrons. The maximum atomic E-state index is 12.8. The fraction of sp³-hybridized carbons (Fsp3) is 0.294. The van der Waals surface area contributed by atoms with Crippen molar-refractivity contribution in [1.29, 1.82) is 0 Å². The first-order valence-corrected chi connectivity index (χ1v) is 10.4. The van der Waals surface area contributed by atoms with Crippen LogP contribution in [0.5, 0.6) is 0 Å². The summed E-state index contributed by atoms with van der Waals surface area (Å²) in [6.07, 6.45) is 0. The number of β-lactam (4-membered cyclic amide) rings is 1. The van der Waals surface area contributed by atoms with Crippen LogP contribution in [0.25, 0.3) is 0 Å². The molecule has 2 aliphatic heterocycles. The maximum Gasteiger partial charge on any atom is 0.354 e. The van der Waals surface area contributed by atoms with Gasteiger partial charge < -0.3 is 4.74 Å². The monoisotopic (exact) mass is 518 g/mol. The standard InChI is InChI=1S/C17H13Br2ClN2O5/c1-27-17(26)11(8(6-18)7-19)21-13(20)12(16(21)25)22-14(23)9-4-2-3-5-10(9)15(22)24/h2-5,12-13H,6-7H2,1H3/t12-,13-/m1/s1. The van der Waals surface area contributed by atoms with Gasteiger partial charge in [0.1, 0.15) is 11.2 Å². The number of imide groups is 1. The third-order valence-corrected chi connectivity index (χ3v) is 6.17. The highest BCUT2D eigenvalue weighted by atomic mass is 79.9. The summed E-state index contributed by atoms with van der Waals surface area (Å²) >= 11 is 12.9. The van der Waals surface area contributed by atoms with Gasteiger partial charge in [0.15, 0.2) is 6.04 Å². The van der Waals surface area contributed by atoms with E-state index in [1.807, 2.05) is 0 Å². The number of alkyl halides is 3. The highest BCUT2D eigenvalue weighted by molar-refractivity contribution is 9.10. The van der Waals surface area contributed by atoms with Gasteiger partial charge in [-0.2, -0.15) is 0 Å². The van der Waals surface area contributed by atoms with E-state index < -0.39 is 35.2 Å². The molecule has 1 aromatic carbocycles. The number of carbonyl (C=O) groups is 4. The second-order valence-corrected chi connectivity index (χ2v) is 7.33. The maximum absolute atomic E-state index is 12.8. The molecule has 3 rings (SSSR count). The van der Waals surface area contributed by atoms with Crippen molar-refractivity contribution in [1.82, 2.24) is 9.80 Å². The zero-order chi connectivity index (χ0) is 19.9. The molecule has 0 spiro atoms. The molecule has 7 nitrogen and oxygen atoms in total. The molecule has 0 unspecified atom stereocenters. The number of hydrogen-bond acceptors (Lipinski definition) is 5. The molecule has 2 atom stereocenters. The first-order valence-electron chi connectivity index (χ1n) is 7.75. The molecule has 3 amide bonds. The summed E-state index contributed by atoms with van der Waals surface area (Å²) in [7, 11) is 1.19. The molecule has 0 aromatic heterocycles. The Labute approximate surface area is 176 Å². The molecule has 0 saturated carbocycles. The number of benzene rings is 1. The third-order valence-electron chi connectivity index (χ3n) is 4.38. The molecule has 0 bridgehead atoms. The summed E-state index contributed by atoms with van der Waals surface area (Å²) in [5, 5.41) is 0.599. The molecule has 1 saturated heterocycles. The van der Waals surface area contributed by atoms with Gasteiger partial charge in [-0.25, -0.2) is 4.79 Å². The number of allylic oxidation sites excluding steroid dienone is 1. The first kappa shape index (κ1) is 20.0. The van der Waals surface area contributed by atoms with E-state index >= 15 is 0 Å². The number of methoxy groups -OCH3 is 1. The number of nitrogens with zero attached hydrogens (tertiary/aromatic N) is 2. The van der Waals surface area contributed by atoms with Crippen LogP contribution in [0.2, 0.25) is 0 Å². The Balaban J connectivity index is 1.95. The van der Waals surface area contributed by atoms with Crippen LogP contribution >= 0.6 is 43.5 Å². The molecule has 10 heteroatoms. The second-order valence-electron chi connectivity index (χ2n) is 5.76. The van der Waals surface area contributed by atoms with Crippen LogP contribution in [-0.2, 0) is 14.3 Å². The average molecular weight is 521 g/mol. The lowest BCUT2D eigenvalue weighted by Gasteiger charge is -2.46. The number of esters is 1. The van der Waals surface area contributed by atoms with Crippen molar-refractivity contribution < 1.29 is 23.9 Å². The Morgan fingerprint density at radius 2 is 1.63 bits per heavy atom. The fourth-order valence-electron chi connectivity index (χ4n) is 3.04. The molecule has 0 aliphatic carbocycles. The number of halogens is 3. The van der Waals surface area contributed by atoms with Crippen molar-refractivity contribution in [3.63, 3.8) is 0 Å². The zero-order valence-corrected chi connectivity index (χ0v) is 17.9. The predicted octanol–water partition coefficient (Wildman–Crippen LogP) is 2.28. The Bertz CT molecular complexity index is 847. The molecular formula is C17H13Br2ClN2O5. The van der Waals surface area contributed by atoms with Crippen LogP contribution in [0.1, 0.15) is 20.7 Å². The number of rotatable bonds is 5. The summed E-state index contributed by atoms with van der Waals surface area (Å²) in [4.78, 5) is 52.2. The van der Waals surface area contributed by atoms with E-state index in [4.69, 9.17) is 16.3 Å². The molecule has 2 heterocycles. The topological polar surface area (TPSA) is 84.0 Å². The highest BCUT2D eigenvalue weighted by Crippen LogP contribution is 2.38. The van der Waals surface area contributed by atoms with Crippen LogP contribution < -0.4 is 0 Å². The van der Waals surface area contributed by atoms with Gasteiger partial charge in [0.05, 0.1) is 18.2 Å². The van der Waals surface area contributed by atoms with E-state index in [2.05, 4.69) is 31.9 Å². The minimum absolute atomic E-state index is 0.0101. The number of hydrogen-bond donors (Lipinski definition) is 0. The number of ether oxygens (including phenoxy) is 1. The number of amides is 3. The summed E-state index contributed by atoms with van der Waals surface area (Å²) in [6.45, 7) is 0. The molecule has 2 aliphatic rings. The quantitative estimate of drug-likeness (QED) is 0.149. The highest BCUT2D eigenvalue weighted by Gasteiger charge is 2.58. The van der Waals surface area contributed by atoms with E-state index in [9.17, 15) is 19.2 Å². The van der Waals surface area contributed by atoms with Gasteiger partial charge in [0.25, 0.3) is 17.7 Å². The van der Waals surface area contributed by atoms with Crippen LogP contribution in [0.3, 0.4) is 0 Å². The fourth-order valence-corrected chi connectivity index (χ4v) is 4.91. The average Bonchev–Trinajstić information content (AvgIpc) is 2.93. The van der Waals surface area contributed by atoms with Crippen molar-refractivity contribution in [3.05, 3.63) is 46.7 Å². The van der Waals surface area contributed by atoms with Gasteiger partial charge in [-0.3, -0.25) is 24.2 Å². The molecule has 27 heavy (non-hydrogen) atoms. The largest absolute Gasteiger partial charge is 0.464 e. The summed E-state index contributed by atoms with van der Waals surface area (Å²) in [5.41, 5.74) is -0.0985. The van der Waals surface area contributed by atoms with Crippen molar-refractivity contribution >= 4 is 67.2 Å². The van der Waals surface area contributed by atoms with E-state index in [0.29, 0.717) is 16.2 Å². The lowest BCUT2D eigenvalue weighted by molar-refractivity contribution is -0.153. The Kier molecular flexibility index (Phi) is 5.73. The SMILES string of the molecule is COC(=O)C(=C(CBr)CBr)N1C(=O)[C@H](N2C(=O)c3ccccc3C2=O)[C@@H]1Cl. The molecule has 142 valence electrons. The van der Waals surface area contributed by atoms with Crippen molar-refractivity contribution in [2.75, 3.05) is 17.8 Å². The summed E-state index contributed by atoms with van der Waals surface area (Å²) in [6, 6.07) is 5.12. The van der Waals surface area contributed by atoms with E-state index in [1.54, 1.807) is 12.1 Å². The summed E-state index contributed by atoms with van der Waals surface area (Å²) < 4.78 is 4.77. The Morgan fingerprint density at radius 3 is 2.04 bits per heavy atom. The summed E-state index contributed by atoms with van der Waals surface area (Å²) in [5.74, 6) is -2.51. The zero-order valence-electron chi connectivity index (χ0n) is 13.9. The minimum atomic E-state index is -1.19. The van der Waals surface area contributed by atoms with E-state index in [-0.39, 0.29) is 16.8 Å².